The number of hydrogen-bond acceptors (Lipinski definition) is 3. The molecule has 1 saturated carbocycles. The molecule has 1 aliphatic rings. The molecule has 0 saturated heterocycles. The zero-order valence-corrected chi connectivity index (χ0v) is 14.2. The van der Waals surface area contributed by atoms with Crippen LogP contribution in [0.5, 0.6) is 5.75 Å². The maximum absolute atomic E-state index is 11.0. The molecular weight excluding hydrogens is 286 g/mol. The maximum Gasteiger partial charge on any atom is 0.168 e. The van der Waals surface area contributed by atoms with Crippen LogP contribution < -0.4 is 4.74 Å². The van der Waals surface area contributed by atoms with E-state index in [0.717, 1.165) is 53.2 Å². The van der Waals surface area contributed by atoms with E-state index in [9.17, 15) is 4.79 Å². The van der Waals surface area contributed by atoms with Crippen LogP contribution in [0.25, 0.3) is 10.9 Å². The summed E-state index contributed by atoms with van der Waals surface area (Å²) in [6.07, 6.45) is 5.95. The number of carbonyl (C=O) groups is 1. The third-order valence-electron chi connectivity index (χ3n) is 5.09. The minimum Gasteiger partial charge on any atom is -0.490 e. The molecule has 23 heavy (non-hydrogen) atoms. The van der Waals surface area contributed by atoms with E-state index in [0.29, 0.717) is 11.8 Å². The van der Waals surface area contributed by atoms with Crippen LogP contribution in [-0.2, 0) is 0 Å². The van der Waals surface area contributed by atoms with Crippen molar-refractivity contribution >= 4 is 17.2 Å². The summed E-state index contributed by atoms with van der Waals surface area (Å²) in [6.45, 7) is 6.55. The summed E-state index contributed by atoms with van der Waals surface area (Å²) in [4.78, 5) is 15.4. The van der Waals surface area contributed by atoms with Crippen LogP contribution in [-0.4, -0.2) is 17.4 Å². The number of fused-ring (bicyclic) bond motifs is 1. The number of aryl methyl sites for hydroxylation is 1. The van der Waals surface area contributed by atoms with Crippen LogP contribution in [0.15, 0.2) is 24.3 Å². The molecule has 1 aromatic carbocycles. The number of aldehydes is 1. The first-order valence-electron chi connectivity index (χ1n) is 8.60. The fraction of sp³-hybridized carbons (Fsp3) is 0.500. The van der Waals surface area contributed by atoms with Crippen molar-refractivity contribution in [1.82, 2.24) is 4.98 Å². The van der Waals surface area contributed by atoms with Gasteiger partial charge in [0.1, 0.15) is 11.4 Å². The zero-order valence-electron chi connectivity index (χ0n) is 14.2. The van der Waals surface area contributed by atoms with Crippen molar-refractivity contribution < 1.29 is 9.53 Å². The van der Waals surface area contributed by atoms with Crippen LogP contribution >= 0.6 is 0 Å². The highest BCUT2D eigenvalue weighted by molar-refractivity contribution is 5.86. The summed E-state index contributed by atoms with van der Waals surface area (Å²) in [5.74, 6) is 2.53. The van der Waals surface area contributed by atoms with Gasteiger partial charge in [-0.1, -0.05) is 13.8 Å². The standard InChI is InChI=1S/C20H25NO2/c1-13(2)15-4-6-17(7-5-15)23-18-8-9-19-16(11-18)10-14(3)20(12-22)21-19/h8-13,15,17H,4-7H2,1-3H3. The molecule has 0 radical (unpaired) electrons. The van der Waals surface area contributed by atoms with Gasteiger partial charge in [0.2, 0.25) is 0 Å². The van der Waals surface area contributed by atoms with E-state index in [1.165, 1.54) is 12.8 Å². The average Bonchev–Trinajstić information content (AvgIpc) is 2.54. The molecule has 1 aliphatic carbocycles. The second kappa shape index (κ2) is 6.69. The first-order chi connectivity index (χ1) is 11.1. The number of nitrogens with zero attached hydrogens (tertiary/aromatic N) is 1. The molecule has 0 bridgehead atoms. The number of pyridine rings is 1. The summed E-state index contributed by atoms with van der Waals surface area (Å²) in [6, 6.07) is 7.96. The van der Waals surface area contributed by atoms with Gasteiger partial charge in [0.05, 0.1) is 11.6 Å². The van der Waals surface area contributed by atoms with E-state index >= 15 is 0 Å². The SMILES string of the molecule is Cc1cc2cc(OC3CCC(C(C)C)CC3)ccc2nc1C=O. The molecule has 1 aromatic heterocycles. The molecule has 0 aliphatic heterocycles. The minimum atomic E-state index is 0.325. The van der Waals surface area contributed by atoms with Gasteiger partial charge in [0.15, 0.2) is 6.29 Å². The second-order valence-corrected chi connectivity index (χ2v) is 7.06. The molecule has 3 nitrogen and oxygen atoms in total. The Morgan fingerprint density at radius 1 is 1.17 bits per heavy atom. The maximum atomic E-state index is 11.0. The van der Waals surface area contributed by atoms with Crippen LogP contribution in [0.1, 0.15) is 55.6 Å². The predicted molar refractivity (Wildman–Crippen MR) is 93.1 cm³/mol. The van der Waals surface area contributed by atoms with Crippen molar-refractivity contribution in [2.75, 3.05) is 0 Å². The van der Waals surface area contributed by atoms with Gasteiger partial charge in [-0.25, -0.2) is 4.98 Å². The lowest BCUT2D eigenvalue weighted by Crippen LogP contribution is -2.26. The molecule has 3 rings (SSSR count). The summed E-state index contributed by atoms with van der Waals surface area (Å²) < 4.78 is 6.19. The molecule has 1 fully saturated rings. The van der Waals surface area contributed by atoms with Crippen LogP contribution in [0.4, 0.5) is 0 Å². The Kier molecular flexibility index (Phi) is 4.65. The largest absolute Gasteiger partial charge is 0.490 e. The van der Waals surface area contributed by atoms with Gasteiger partial charge < -0.3 is 4.74 Å². The Morgan fingerprint density at radius 3 is 2.57 bits per heavy atom. The lowest BCUT2D eigenvalue weighted by atomic mass is 9.80. The number of aromatic nitrogens is 1. The Bertz CT molecular complexity index is 700. The van der Waals surface area contributed by atoms with Crippen LogP contribution in [0, 0.1) is 18.8 Å². The monoisotopic (exact) mass is 311 g/mol. The topological polar surface area (TPSA) is 39.2 Å². The Labute approximate surface area is 138 Å². The predicted octanol–water partition coefficient (Wildman–Crippen LogP) is 4.95. The van der Waals surface area contributed by atoms with Gasteiger partial charge in [0, 0.05) is 5.39 Å². The molecule has 0 unspecified atom stereocenters. The Balaban J connectivity index is 1.73. The summed E-state index contributed by atoms with van der Waals surface area (Å²) >= 11 is 0. The summed E-state index contributed by atoms with van der Waals surface area (Å²) in [7, 11) is 0. The number of carbonyl (C=O) groups excluding carboxylic acids is 1. The van der Waals surface area contributed by atoms with E-state index < -0.39 is 0 Å². The fourth-order valence-corrected chi connectivity index (χ4v) is 3.53. The van der Waals surface area contributed by atoms with Gasteiger partial charge >= 0.3 is 0 Å². The van der Waals surface area contributed by atoms with Gasteiger partial charge in [-0.05, 0) is 74.3 Å². The zero-order chi connectivity index (χ0) is 16.4. The van der Waals surface area contributed by atoms with E-state index in [1.54, 1.807) is 0 Å². The highest BCUT2D eigenvalue weighted by Crippen LogP contribution is 2.32. The lowest BCUT2D eigenvalue weighted by molar-refractivity contribution is 0.111. The molecule has 3 heteroatoms. The molecule has 122 valence electrons. The fourth-order valence-electron chi connectivity index (χ4n) is 3.53. The first kappa shape index (κ1) is 16.0. The molecule has 2 aromatic rings. The van der Waals surface area contributed by atoms with E-state index in [4.69, 9.17) is 4.74 Å². The molecule has 0 atom stereocenters. The minimum absolute atomic E-state index is 0.325. The average molecular weight is 311 g/mol. The molecular formula is C20H25NO2. The summed E-state index contributed by atoms with van der Waals surface area (Å²) in [5.41, 5.74) is 2.26. The third-order valence-corrected chi connectivity index (χ3v) is 5.09. The number of benzene rings is 1. The Morgan fingerprint density at radius 2 is 1.91 bits per heavy atom. The van der Waals surface area contributed by atoms with Crippen molar-refractivity contribution in [1.29, 1.82) is 0 Å². The van der Waals surface area contributed by atoms with E-state index in [-0.39, 0.29) is 0 Å². The van der Waals surface area contributed by atoms with Crippen LogP contribution in [0.3, 0.4) is 0 Å². The van der Waals surface area contributed by atoms with Gasteiger partial charge in [-0.3, -0.25) is 4.79 Å². The van der Waals surface area contributed by atoms with Gasteiger partial charge in [-0.2, -0.15) is 0 Å². The van der Waals surface area contributed by atoms with Crippen molar-refractivity contribution in [3.05, 3.63) is 35.5 Å². The normalized spacial score (nSPS) is 21.6. The smallest absolute Gasteiger partial charge is 0.168 e. The highest BCUT2D eigenvalue weighted by Gasteiger charge is 2.24. The van der Waals surface area contributed by atoms with Crippen molar-refractivity contribution in [2.45, 2.75) is 52.6 Å². The number of ether oxygens (including phenoxy) is 1. The first-order valence-corrected chi connectivity index (χ1v) is 8.60. The van der Waals surface area contributed by atoms with Gasteiger partial charge in [-0.15, -0.1) is 0 Å². The van der Waals surface area contributed by atoms with E-state index in [2.05, 4.69) is 18.8 Å². The van der Waals surface area contributed by atoms with Crippen molar-refractivity contribution in [3.63, 3.8) is 0 Å². The third kappa shape index (κ3) is 3.54. The summed E-state index contributed by atoms with van der Waals surface area (Å²) in [5, 5.41) is 1.03. The van der Waals surface area contributed by atoms with Crippen molar-refractivity contribution in [2.24, 2.45) is 11.8 Å². The Hall–Kier alpha value is -1.90. The van der Waals surface area contributed by atoms with Crippen molar-refractivity contribution in [3.8, 4) is 5.75 Å². The number of hydrogen-bond donors (Lipinski definition) is 0. The van der Waals surface area contributed by atoms with Crippen LogP contribution in [0.2, 0.25) is 0 Å². The molecule has 0 spiro atoms. The quantitative estimate of drug-likeness (QED) is 0.750. The number of rotatable bonds is 4. The molecule has 0 N–H and O–H groups in total. The lowest BCUT2D eigenvalue weighted by Gasteiger charge is -2.31. The molecule has 1 heterocycles. The van der Waals surface area contributed by atoms with E-state index in [1.807, 2.05) is 31.2 Å². The highest BCUT2D eigenvalue weighted by atomic mass is 16.5. The molecule has 0 amide bonds. The second-order valence-electron chi connectivity index (χ2n) is 7.06. The van der Waals surface area contributed by atoms with Gasteiger partial charge in [0.25, 0.3) is 0 Å².